The lowest BCUT2D eigenvalue weighted by atomic mass is 10.0. The Morgan fingerprint density at radius 2 is 2.33 bits per heavy atom. The summed E-state index contributed by atoms with van der Waals surface area (Å²) in [5.41, 5.74) is 5.46. The predicted molar refractivity (Wildman–Crippen MR) is 41.4 cm³/mol. The third-order valence-electron chi connectivity index (χ3n) is 2.02. The second-order valence-corrected chi connectivity index (χ2v) is 2.90. The third kappa shape index (κ3) is 1.94. The molecular formula is C7H15NO4. The highest BCUT2D eigenvalue weighted by atomic mass is 16.6. The minimum Gasteiger partial charge on any atom is -0.394 e. The Balaban J connectivity index is 2.56. The average molecular weight is 177 g/mol. The second-order valence-electron chi connectivity index (χ2n) is 2.90. The number of rotatable bonds is 2. The van der Waals surface area contributed by atoms with Crippen LogP contribution in [0.4, 0.5) is 0 Å². The van der Waals surface area contributed by atoms with Gasteiger partial charge in [0.25, 0.3) is 0 Å². The normalized spacial score (nSPS) is 43.0. The molecule has 72 valence electrons. The SMILES string of the molecule is COC1C(O)CC(N)OC1CO. The quantitative estimate of drug-likeness (QED) is 0.474. The molecule has 0 spiro atoms. The zero-order chi connectivity index (χ0) is 9.14. The van der Waals surface area contributed by atoms with Crippen molar-refractivity contribution < 1.29 is 19.7 Å². The van der Waals surface area contributed by atoms with Crippen LogP contribution >= 0.6 is 0 Å². The van der Waals surface area contributed by atoms with Crippen LogP contribution in [-0.4, -0.2) is 48.5 Å². The summed E-state index contributed by atoms with van der Waals surface area (Å²) in [4.78, 5) is 0. The molecule has 4 N–H and O–H groups in total. The van der Waals surface area contributed by atoms with Gasteiger partial charge in [-0.1, -0.05) is 0 Å². The van der Waals surface area contributed by atoms with Crippen molar-refractivity contribution in [2.75, 3.05) is 13.7 Å². The minimum absolute atomic E-state index is 0.191. The van der Waals surface area contributed by atoms with E-state index in [1.165, 1.54) is 7.11 Å². The maximum Gasteiger partial charge on any atom is 0.112 e. The van der Waals surface area contributed by atoms with Crippen LogP contribution in [-0.2, 0) is 9.47 Å². The van der Waals surface area contributed by atoms with Gasteiger partial charge in [0.1, 0.15) is 18.4 Å². The Hall–Kier alpha value is -0.200. The first kappa shape index (κ1) is 9.88. The van der Waals surface area contributed by atoms with Crippen molar-refractivity contribution in [2.45, 2.75) is 31.0 Å². The monoisotopic (exact) mass is 177 g/mol. The number of aliphatic hydroxyl groups is 2. The number of nitrogens with two attached hydrogens (primary N) is 1. The molecule has 12 heavy (non-hydrogen) atoms. The fourth-order valence-electron chi connectivity index (χ4n) is 1.43. The zero-order valence-corrected chi connectivity index (χ0v) is 7.01. The molecule has 1 heterocycles. The van der Waals surface area contributed by atoms with Crippen LogP contribution in [0.5, 0.6) is 0 Å². The van der Waals surface area contributed by atoms with Crippen LogP contribution in [0.3, 0.4) is 0 Å². The molecular weight excluding hydrogens is 162 g/mol. The van der Waals surface area contributed by atoms with Crippen molar-refractivity contribution >= 4 is 0 Å². The molecule has 1 aliphatic heterocycles. The van der Waals surface area contributed by atoms with Crippen molar-refractivity contribution in [1.82, 2.24) is 0 Å². The van der Waals surface area contributed by atoms with E-state index in [4.69, 9.17) is 20.3 Å². The molecule has 0 aromatic carbocycles. The summed E-state index contributed by atoms with van der Waals surface area (Å²) >= 11 is 0. The van der Waals surface area contributed by atoms with Crippen molar-refractivity contribution in [2.24, 2.45) is 5.73 Å². The summed E-state index contributed by atoms with van der Waals surface area (Å²) in [5, 5.41) is 18.3. The summed E-state index contributed by atoms with van der Waals surface area (Å²) < 4.78 is 10.1. The van der Waals surface area contributed by atoms with Crippen LogP contribution in [0, 0.1) is 0 Å². The molecule has 1 fully saturated rings. The summed E-state index contributed by atoms with van der Waals surface area (Å²) in [7, 11) is 1.47. The molecule has 0 saturated carbocycles. The standard InChI is InChI=1S/C7H15NO4/c1-11-7-4(10)2-6(8)12-5(7)3-9/h4-7,9-10H,2-3,8H2,1H3. The molecule has 0 aromatic rings. The van der Waals surface area contributed by atoms with Crippen LogP contribution in [0.25, 0.3) is 0 Å². The number of ether oxygens (including phenoxy) is 2. The number of hydrogen-bond donors (Lipinski definition) is 3. The Morgan fingerprint density at radius 1 is 1.67 bits per heavy atom. The van der Waals surface area contributed by atoms with Crippen molar-refractivity contribution in [3.63, 3.8) is 0 Å². The van der Waals surface area contributed by atoms with Gasteiger partial charge in [0.15, 0.2) is 0 Å². The Bertz CT molecular complexity index is 143. The molecule has 4 unspecified atom stereocenters. The second kappa shape index (κ2) is 4.15. The van der Waals surface area contributed by atoms with Crippen LogP contribution in [0.1, 0.15) is 6.42 Å². The maximum absolute atomic E-state index is 9.44. The highest BCUT2D eigenvalue weighted by Crippen LogP contribution is 2.19. The van der Waals surface area contributed by atoms with Gasteiger partial charge in [-0.15, -0.1) is 0 Å². The molecule has 0 amide bonds. The highest BCUT2D eigenvalue weighted by Gasteiger charge is 2.36. The third-order valence-corrected chi connectivity index (χ3v) is 2.02. The van der Waals surface area contributed by atoms with E-state index in [-0.39, 0.29) is 6.61 Å². The molecule has 0 bridgehead atoms. The lowest BCUT2D eigenvalue weighted by molar-refractivity contribution is -0.187. The number of methoxy groups -OCH3 is 1. The van der Waals surface area contributed by atoms with Crippen molar-refractivity contribution in [1.29, 1.82) is 0 Å². The zero-order valence-electron chi connectivity index (χ0n) is 7.01. The molecule has 0 radical (unpaired) electrons. The van der Waals surface area contributed by atoms with E-state index in [0.29, 0.717) is 6.42 Å². The van der Waals surface area contributed by atoms with Gasteiger partial charge in [-0.25, -0.2) is 0 Å². The Morgan fingerprint density at radius 3 is 2.83 bits per heavy atom. The van der Waals surface area contributed by atoms with E-state index in [0.717, 1.165) is 0 Å². The molecule has 5 nitrogen and oxygen atoms in total. The Kier molecular flexibility index (Phi) is 3.42. The first-order valence-electron chi connectivity index (χ1n) is 3.91. The van der Waals surface area contributed by atoms with Gasteiger partial charge in [-0.3, -0.25) is 0 Å². The molecule has 0 aliphatic carbocycles. The molecule has 5 heteroatoms. The van der Waals surface area contributed by atoms with E-state index in [2.05, 4.69) is 0 Å². The lowest BCUT2D eigenvalue weighted by Gasteiger charge is -2.36. The fraction of sp³-hybridized carbons (Fsp3) is 1.00. The topological polar surface area (TPSA) is 84.9 Å². The van der Waals surface area contributed by atoms with E-state index < -0.39 is 24.5 Å². The first-order valence-corrected chi connectivity index (χ1v) is 3.91. The molecule has 1 aliphatic rings. The number of hydrogen-bond acceptors (Lipinski definition) is 5. The predicted octanol–water partition coefficient (Wildman–Crippen LogP) is -1.57. The van der Waals surface area contributed by atoms with E-state index >= 15 is 0 Å². The van der Waals surface area contributed by atoms with Crippen molar-refractivity contribution in [3.8, 4) is 0 Å². The number of aliphatic hydroxyl groups excluding tert-OH is 2. The van der Waals surface area contributed by atoms with Gasteiger partial charge in [-0.05, 0) is 0 Å². The van der Waals surface area contributed by atoms with Gasteiger partial charge in [0, 0.05) is 13.5 Å². The average Bonchev–Trinajstić information content (AvgIpc) is 2.03. The lowest BCUT2D eigenvalue weighted by Crippen LogP contribution is -2.53. The van der Waals surface area contributed by atoms with Crippen LogP contribution in [0.2, 0.25) is 0 Å². The summed E-state index contributed by atoms with van der Waals surface area (Å²) in [6, 6.07) is 0. The van der Waals surface area contributed by atoms with Gasteiger partial charge >= 0.3 is 0 Å². The summed E-state index contributed by atoms with van der Waals surface area (Å²) in [5.74, 6) is 0. The van der Waals surface area contributed by atoms with E-state index in [1.54, 1.807) is 0 Å². The Labute approximate surface area is 71.1 Å². The van der Waals surface area contributed by atoms with Gasteiger partial charge in [0.05, 0.1) is 12.7 Å². The van der Waals surface area contributed by atoms with Gasteiger partial charge < -0.3 is 25.4 Å². The fourth-order valence-corrected chi connectivity index (χ4v) is 1.43. The highest BCUT2D eigenvalue weighted by molar-refractivity contribution is 4.84. The van der Waals surface area contributed by atoms with Crippen LogP contribution in [0.15, 0.2) is 0 Å². The molecule has 1 saturated heterocycles. The molecule has 0 aromatic heterocycles. The largest absolute Gasteiger partial charge is 0.394 e. The smallest absolute Gasteiger partial charge is 0.112 e. The van der Waals surface area contributed by atoms with Gasteiger partial charge in [-0.2, -0.15) is 0 Å². The van der Waals surface area contributed by atoms with Gasteiger partial charge in [0.2, 0.25) is 0 Å². The summed E-state index contributed by atoms with van der Waals surface area (Å²) in [6.45, 7) is -0.191. The maximum atomic E-state index is 9.44. The first-order chi connectivity index (χ1) is 5.69. The summed E-state index contributed by atoms with van der Waals surface area (Å²) in [6.07, 6.45) is -1.82. The molecule has 1 rings (SSSR count). The minimum atomic E-state index is -0.657. The van der Waals surface area contributed by atoms with E-state index in [9.17, 15) is 5.11 Å². The van der Waals surface area contributed by atoms with E-state index in [1.807, 2.05) is 0 Å². The molecule has 4 atom stereocenters. The van der Waals surface area contributed by atoms with Crippen molar-refractivity contribution in [3.05, 3.63) is 0 Å². The van der Waals surface area contributed by atoms with Crippen LogP contribution < -0.4 is 5.73 Å².